The highest BCUT2D eigenvalue weighted by Crippen LogP contribution is 2.25. The van der Waals surface area contributed by atoms with Crippen LogP contribution in [0.4, 0.5) is 10.8 Å². The predicted molar refractivity (Wildman–Crippen MR) is 91.2 cm³/mol. The van der Waals surface area contributed by atoms with Crippen molar-refractivity contribution < 1.29 is 0 Å². The third-order valence-corrected chi connectivity index (χ3v) is 3.85. The molecule has 0 unspecified atom stereocenters. The molecule has 0 spiro atoms. The lowest BCUT2D eigenvalue weighted by Crippen LogP contribution is -1.89. The smallest absolute Gasteiger partial charge is 0.187 e. The number of thiazole rings is 1. The van der Waals surface area contributed by atoms with Crippen molar-refractivity contribution in [2.75, 3.05) is 5.32 Å². The molecule has 1 heterocycles. The maximum atomic E-state index is 5.23. The molecule has 0 saturated carbocycles. The van der Waals surface area contributed by atoms with E-state index in [1.165, 1.54) is 0 Å². The number of rotatable bonds is 4. The van der Waals surface area contributed by atoms with Crippen LogP contribution < -0.4 is 5.32 Å². The summed E-state index contributed by atoms with van der Waals surface area (Å²) in [5, 5.41) is 6.15. The van der Waals surface area contributed by atoms with Gasteiger partial charge in [0.25, 0.3) is 0 Å². The van der Waals surface area contributed by atoms with Gasteiger partial charge in [-0.25, -0.2) is 4.98 Å². The zero-order valence-corrected chi connectivity index (χ0v) is 13.3. The van der Waals surface area contributed by atoms with Gasteiger partial charge in [-0.2, -0.15) is 0 Å². The third-order valence-electron chi connectivity index (χ3n) is 2.57. The molecule has 0 saturated heterocycles. The molecule has 0 amide bonds. The molecule has 4 heteroatoms. The highest BCUT2D eigenvalue weighted by atomic mass is 79.9. The lowest BCUT2D eigenvalue weighted by Gasteiger charge is -2.02. The molecular weight excluding hydrogens is 332 g/mol. The number of aromatic nitrogens is 1. The molecule has 20 heavy (non-hydrogen) atoms. The van der Waals surface area contributed by atoms with E-state index in [1.54, 1.807) is 17.4 Å². The number of allylic oxidation sites excluding steroid dienone is 4. The molecule has 1 aromatic heterocycles. The molecule has 1 N–H and O–H groups in total. The van der Waals surface area contributed by atoms with Gasteiger partial charge in [-0.15, -0.1) is 17.8 Å². The van der Waals surface area contributed by atoms with Crippen LogP contribution in [0.2, 0.25) is 0 Å². The van der Waals surface area contributed by atoms with Crippen molar-refractivity contribution in [2.45, 2.75) is 6.92 Å². The molecule has 0 aliphatic rings. The Morgan fingerprint density at radius 1 is 1.40 bits per heavy atom. The number of terminal acetylenes is 1. The molecule has 0 radical (unpaired) electrons. The third kappa shape index (κ3) is 3.83. The average molecular weight is 345 g/mol. The van der Waals surface area contributed by atoms with Gasteiger partial charge in [-0.1, -0.05) is 27.9 Å². The van der Waals surface area contributed by atoms with E-state index in [2.05, 4.69) is 32.2 Å². The maximum Gasteiger partial charge on any atom is 0.187 e. The van der Waals surface area contributed by atoms with Gasteiger partial charge in [0.1, 0.15) is 0 Å². The van der Waals surface area contributed by atoms with E-state index < -0.39 is 0 Å². The second kappa shape index (κ2) is 7.09. The first-order valence-corrected chi connectivity index (χ1v) is 7.67. The predicted octanol–water partition coefficient (Wildman–Crippen LogP) is 5.24. The molecular formula is C16H13BrN2S. The molecule has 0 aliphatic heterocycles. The summed E-state index contributed by atoms with van der Waals surface area (Å²) in [4.78, 5) is 4.56. The highest BCUT2D eigenvalue weighted by Gasteiger charge is 2.04. The summed E-state index contributed by atoms with van der Waals surface area (Å²) in [7, 11) is 0. The molecule has 0 fully saturated rings. The van der Waals surface area contributed by atoms with Gasteiger partial charge in [0.2, 0.25) is 0 Å². The van der Waals surface area contributed by atoms with E-state index in [0.717, 1.165) is 26.6 Å². The fraction of sp³-hybridized carbons (Fsp3) is 0.0625. The van der Waals surface area contributed by atoms with Crippen molar-refractivity contribution in [1.29, 1.82) is 0 Å². The largest absolute Gasteiger partial charge is 0.332 e. The van der Waals surface area contributed by atoms with Gasteiger partial charge in [0.05, 0.1) is 5.69 Å². The number of nitrogens with one attached hydrogen (secondary N) is 1. The van der Waals surface area contributed by atoms with Crippen LogP contribution in [0.5, 0.6) is 0 Å². The second-order valence-corrected chi connectivity index (χ2v) is 5.69. The summed E-state index contributed by atoms with van der Waals surface area (Å²) in [6.07, 6.45) is 10.8. The first-order valence-electron chi connectivity index (χ1n) is 6.00. The molecule has 1 aromatic carbocycles. The Labute approximate surface area is 131 Å². The van der Waals surface area contributed by atoms with Crippen molar-refractivity contribution in [3.8, 4) is 12.3 Å². The Hall–Kier alpha value is -1.83. The molecule has 0 aliphatic carbocycles. The number of hydrogen-bond acceptors (Lipinski definition) is 3. The van der Waals surface area contributed by atoms with Gasteiger partial charge in [-0.3, -0.25) is 0 Å². The van der Waals surface area contributed by atoms with Crippen molar-refractivity contribution in [3.05, 3.63) is 58.0 Å². The van der Waals surface area contributed by atoms with E-state index in [0.29, 0.717) is 0 Å². The van der Waals surface area contributed by atoms with Crippen LogP contribution in [-0.2, 0) is 0 Å². The SMILES string of the molecule is C#C/C=C\C(=C/C)c1csc(Nc2ccc(Br)cc2)n1. The highest BCUT2D eigenvalue weighted by molar-refractivity contribution is 9.10. The van der Waals surface area contributed by atoms with E-state index in [-0.39, 0.29) is 0 Å². The van der Waals surface area contributed by atoms with Crippen molar-refractivity contribution in [3.63, 3.8) is 0 Å². The van der Waals surface area contributed by atoms with Crippen LogP contribution >= 0.6 is 27.3 Å². The monoisotopic (exact) mass is 344 g/mol. The summed E-state index contributed by atoms with van der Waals surface area (Å²) in [6.45, 7) is 1.97. The topological polar surface area (TPSA) is 24.9 Å². The zero-order valence-electron chi connectivity index (χ0n) is 10.9. The van der Waals surface area contributed by atoms with Crippen LogP contribution in [0, 0.1) is 12.3 Å². The molecule has 100 valence electrons. The minimum absolute atomic E-state index is 0.857. The molecule has 0 bridgehead atoms. The standard InChI is InChI=1S/C16H13BrN2S/c1-3-5-6-12(4-2)15-11-20-16(19-15)18-14-9-7-13(17)8-10-14/h1,4-11H,2H3,(H,18,19)/b6-5-,12-4+. The summed E-state index contributed by atoms with van der Waals surface area (Å²) in [5.41, 5.74) is 2.95. The lowest BCUT2D eigenvalue weighted by molar-refractivity contribution is 1.34. The molecule has 2 nitrogen and oxygen atoms in total. The number of anilines is 2. The quantitative estimate of drug-likeness (QED) is 0.605. The molecule has 0 atom stereocenters. The zero-order chi connectivity index (χ0) is 14.4. The van der Waals surface area contributed by atoms with E-state index in [1.807, 2.05) is 48.7 Å². The Morgan fingerprint density at radius 3 is 2.80 bits per heavy atom. The van der Waals surface area contributed by atoms with Crippen molar-refractivity contribution >= 4 is 43.7 Å². The van der Waals surface area contributed by atoms with Crippen molar-refractivity contribution in [1.82, 2.24) is 4.98 Å². The summed E-state index contributed by atoms with van der Waals surface area (Å²) in [5.74, 6) is 2.49. The fourth-order valence-electron chi connectivity index (χ4n) is 1.59. The minimum Gasteiger partial charge on any atom is -0.332 e. The summed E-state index contributed by atoms with van der Waals surface area (Å²) >= 11 is 4.98. The number of nitrogens with zero attached hydrogens (tertiary/aromatic N) is 1. The van der Waals surface area contributed by atoms with Crippen LogP contribution in [0.15, 0.2) is 52.3 Å². The number of halogens is 1. The summed E-state index contributed by atoms with van der Waals surface area (Å²) < 4.78 is 1.05. The van der Waals surface area contributed by atoms with E-state index in [9.17, 15) is 0 Å². The van der Waals surface area contributed by atoms with Gasteiger partial charge >= 0.3 is 0 Å². The Bertz CT molecular complexity index is 675. The summed E-state index contributed by atoms with van der Waals surface area (Å²) in [6, 6.07) is 7.98. The number of hydrogen-bond donors (Lipinski definition) is 1. The minimum atomic E-state index is 0.857. The maximum absolute atomic E-state index is 5.23. The first kappa shape index (κ1) is 14.6. The van der Waals surface area contributed by atoms with Gasteiger partial charge < -0.3 is 5.32 Å². The Balaban J connectivity index is 2.15. The lowest BCUT2D eigenvalue weighted by atomic mass is 10.2. The first-order chi connectivity index (χ1) is 9.72. The van der Waals surface area contributed by atoms with E-state index >= 15 is 0 Å². The Morgan fingerprint density at radius 2 is 2.15 bits per heavy atom. The van der Waals surface area contributed by atoms with Crippen LogP contribution in [0.1, 0.15) is 12.6 Å². The molecule has 2 rings (SSSR count). The van der Waals surface area contributed by atoms with Crippen LogP contribution in [-0.4, -0.2) is 4.98 Å². The van der Waals surface area contributed by atoms with Crippen LogP contribution in [0.3, 0.4) is 0 Å². The Kier molecular flexibility index (Phi) is 5.16. The normalized spacial score (nSPS) is 11.6. The van der Waals surface area contributed by atoms with E-state index in [4.69, 9.17) is 6.42 Å². The van der Waals surface area contributed by atoms with Crippen molar-refractivity contribution in [2.24, 2.45) is 0 Å². The van der Waals surface area contributed by atoms with Gasteiger partial charge in [0.15, 0.2) is 5.13 Å². The second-order valence-electron chi connectivity index (χ2n) is 3.91. The van der Waals surface area contributed by atoms with Gasteiger partial charge in [0, 0.05) is 15.5 Å². The van der Waals surface area contributed by atoms with Crippen LogP contribution in [0.25, 0.3) is 5.57 Å². The van der Waals surface area contributed by atoms with Gasteiger partial charge in [-0.05, 0) is 48.9 Å². The molecule has 2 aromatic rings. The average Bonchev–Trinajstić information content (AvgIpc) is 2.91. The fourth-order valence-corrected chi connectivity index (χ4v) is 2.59. The number of benzene rings is 1.